The number of para-hydroxylation sites is 1. The first kappa shape index (κ1) is 20.3. The fourth-order valence-corrected chi connectivity index (χ4v) is 3.18. The van der Waals surface area contributed by atoms with Crippen LogP contribution in [0.1, 0.15) is 0 Å². The number of rotatable bonds is 7. The number of anilines is 1. The summed E-state index contributed by atoms with van der Waals surface area (Å²) >= 11 is 7.47. The van der Waals surface area contributed by atoms with Crippen molar-refractivity contribution in [1.29, 1.82) is 0 Å². The second-order valence-electron chi connectivity index (χ2n) is 6.06. The third-order valence-corrected chi connectivity index (χ3v) is 4.86. The van der Waals surface area contributed by atoms with Gasteiger partial charge in [-0.1, -0.05) is 35.5 Å². The van der Waals surface area contributed by atoms with Gasteiger partial charge in [-0.05, 0) is 43.4 Å². The van der Waals surface area contributed by atoms with Gasteiger partial charge in [-0.15, -0.1) is 0 Å². The van der Waals surface area contributed by atoms with Crippen molar-refractivity contribution < 1.29 is 9.59 Å². The van der Waals surface area contributed by atoms with Crippen LogP contribution in [0.15, 0.2) is 58.3 Å². The lowest BCUT2D eigenvalue weighted by molar-refractivity contribution is -0.130. The van der Waals surface area contributed by atoms with E-state index in [4.69, 9.17) is 11.6 Å². The molecule has 0 aliphatic heterocycles. The highest BCUT2D eigenvalue weighted by Crippen LogP contribution is 2.33. The lowest BCUT2D eigenvalue weighted by atomic mass is 10.3. The summed E-state index contributed by atoms with van der Waals surface area (Å²) in [6, 6.07) is 15.2. The smallest absolute Gasteiger partial charge is 0.238 e. The normalized spacial score (nSPS) is 10.7. The maximum absolute atomic E-state index is 12.3. The van der Waals surface area contributed by atoms with Crippen LogP contribution in [0.3, 0.4) is 0 Å². The molecule has 1 N–H and O–H groups in total. The Bertz CT molecular complexity index is 766. The van der Waals surface area contributed by atoms with Gasteiger partial charge in [-0.2, -0.15) is 0 Å². The number of hydrogen-bond donors (Lipinski definition) is 1. The molecule has 0 saturated carbocycles. The molecular formula is C19H22ClN3O2S. The first-order chi connectivity index (χ1) is 12.3. The number of benzene rings is 2. The van der Waals surface area contributed by atoms with E-state index < -0.39 is 0 Å². The van der Waals surface area contributed by atoms with Crippen molar-refractivity contribution in [2.75, 3.05) is 39.5 Å². The standard InChI is InChI=1S/C19H22ClN3O2S/c1-22(2)19(25)13-23(3)12-18(24)21-16-6-4-5-7-17(16)26-15-10-8-14(20)9-11-15/h4-11H,12-13H2,1-3H3,(H,21,24). The minimum Gasteiger partial charge on any atom is -0.348 e. The number of hydrogen-bond acceptors (Lipinski definition) is 4. The number of nitrogens with zero attached hydrogens (tertiary/aromatic N) is 2. The molecule has 0 radical (unpaired) electrons. The van der Waals surface area contributed by atoms with Crippen molar-refractivity contribution in [3.8, 4) is 0 Å². The fourth-order valence-electron chi connectivity index (χ4n) is 2.15. The number of amides is 2. The predicted octanol–water partition coefficient (Wildman–Crippen LogP) is 3.45. The molecule has 7 heteroatoms. The van der Waals surface area contributed by atoms with Gasteiger partial charge >= 0.3 is 0 Å². The van der Waals surface area contributed by atoms with Crippen LogP contribution < -0.4 is 5.32 Å². The molecule has 2 rings (SSSR count). The Hall–Kier alpha value is -2.02. The average Bonchev–Trinajstić information content (AvgIpc) is 2.58. The van der Waals surface area contributed by atoms with Gasteiger partial charge in [0.15, 0.2) is 0 Å². The lowest BCUT2D eigenvalue weighted by Crippen LogP contribution is -2.38. The summed E-state index contributed by atoms with van der Waals surface area (Å²) in [5, 5.41) is 3.61. The van der Waals surface area contributed by atoms with Gasteiger partial charge < -0.3 is 10.2 Å². The molecule has 0 bridgehead atoms. The molecular weight excluding hydrogens is 370 g/mol. The Kier molecular flexibility index (Phi) is 7.50. The molecule has 5 nitrogen and oxygen atoms in total. The molecule has 2 aromatic carbocycles. The molecule has 0 unspecified atom stereocenters. The number of carbonyl (C=O) groups is 2. The Labute approximate surface area is 163 Å². The summed E-state index contributed by atoms with van der Waals surface area (Å²) in [5.41, 5.74) is 0.741. The lowest BCUT2D eigenvalue weighted by Gasteiger charge is -2.19. The molecule has 0 aliphatic rings. The van der Waals surface area contributed by atoms with Crippen molar-refractivity contribution in [3.63, 3.8) is 0 Å². The van der Waals surface area contributed by atoms with Crippen LogP contribution in [0.25, 0.3) is 0 Å². The van der Waals surface area contributed by atoms with Crippen LogP contribution in [-0.2, 0) is 9.59 Å². The fraction of sp³-hybridized carbons (Fsp3) is 0.263. The summed E-state index contributed by atoms with van der Waals surface area (Å²) in [4.78, 5) is 29.2. The minimum atomic E-state index is -0.164. The average molecular weight is 392 g/mol. The van der Waals surface area contributed by atoms with Crippen molar-refractivity contribution >= 4 is 40.9 Å². The van der Waals surface area contributed by atoms with E-state index in [0.717, 1.165) is 15.5 Å². The molecule has 2 amide bonds. The summed E-state index contributed by atoms with van der Waals surface area (Å²) in [5.74, 6) is -0.206. The quantitative estimate of drug-likeness (QED) is 0.785. The summed E-state index contributed by atoms with van der Waals surface area (Å²) in [6.07, 6.45) is 0. The van der Waals surface area contributed by atoms with Gasteiger partial charge in [0.1, 0.15) is 0 Å². The van der Waals surface area contributed by atoms with E-state index in [0.29, 0.717) is 5.02 Å². The molecule has 2 aromatic rings. The van der Waals surface area contributed by atoms with Crippen LogP contribution in [-0.4, -0.2) is 55.8 Å². The summed E-state index contributed by atoms with van der Waals surface area (Å²) in [6.45, 7) is 0.334. The first-order valence-electron chi connectivity index (χ1n) is 8.06. The van der Waals surface area contributed by atoms with E-state index >= 15 is 0 Å². The van der Waals surface area contributed by atoms with Crippen molar-refractivity contribution in [3.05, 3.63) is 53.6 Å². The summed E-state index contributed by atoms with van der Waals surface area (Å²) < 4.78 is 0. The van der Waals surface area contributed by atoms with E-state index in [2.05, 4.69) is 5.32 Å². The molecule has 0 aliphatic carbocycles. The third-order valence-electron chi connectivity index (χ3n) is 3.52. The van der Waals surface area contributed by atoms with E-state index in [9.17, 15) is 9.59 Å². The van der Waals surface area contributed by atoms with Crippen LogP contribution in [0.2, 0.25) is 5.02 Å². The van der Waals surface area contributed by atoms with Crippen molar-refractivity contribution in [2.45, 2.75) is 9.79 Å². The second-order valence-corrected chi connectivity index (χ2v) is 7.61. The monoisotopic (exact) mass is 391 g/mol. The van der Waals surface area contributed by atoms with Gasteiger partial charge in [0.25, 0.3) is 0 Å². The predicted molar refractivity (Wildman–Crippen MR) is 107 cm³/mol. The van der Waals surface area contributed by atoms with Crippen LogP contribution >= 0.6 is 23.4 Å². The van der Waals surface area contributed by atoms with Crippen molar-refractivity contribution in [1.82, 2.24) is 9.80 Å². The highest BCUT2D eigenvalue weighted by molar-refractivity contribution is 7.99. The molecule has 0 saturated heterocycles. The van der Waals surface area contributed by atoms with E-state index in [1.807, 2.05) is 48.5 Å². The second kappa shape index (κ2) is 9.62. The molecule has 0 fully saturated rings. The number of carbonyl (C=O) groups excluding carboxylic acids is 2. The number of nitrogens with one attached hydrogen (secondary N) is 1. The maximum Gasteiger partial charge on any atom is 0.238 e. The molecule has 0 spiro atoms. The maximum atomic E-state index is 12.3. The van der Waals surface area contributed by atoms with Crippen LogP contribution in [0.4, 0.5) is 5.69 Å². The molecule has 26 heavy (non-hydrogen) atoms. The number of halogens is 1. The van der Waals surface area contributed by atoms with Crippen molar-refractivity contribution in [2.24, 2.45) is 0 Å². The van der Waals surface area contributed by atoms with E-state index in [1.54, 1.807) is 37.8 Å². The van der Waals surface area contributed by atoms with Gasteiger partial charge in [0.05, 0.1) is 18.8 Å². The molecule has 138 valence electrons. The Morgan fingerprint density at radius 2 is 1.65 bits per heavy atom. The van der Waals surface area contributed by atoms with Gasteiger partial charge in [-0.25, -0.2) is 0 Å². The van der Waals surface area contributed by atoms with E-state index in [-0.39, 0.29) is 24.9 Å². The Balaban J connectivity index is 1.99. The third kappa shape index (κ3) is 6.37. The first-order valence-corrected chi connectivity index (χ1v) is 9.25. The topological polar surface area (TPSA) is 52.7 Å². The highest BCUT2D eigenvalue weighted by atomic mass is 35.5. The van der Waals surface area contributed by atoms with Crippen LogP contribution in [0.5, 0.6) is 0 Å². The van der Waals surface area contributed by atoms with Gasteiger partial charge in [0.2, 0.25) is 11.8 Å². The molecule has 0 atom stereocenters. The van der Waals surface area contributed by atoms with Gasteiger partial charge in [0, 0.05) is 28.9 Å². The Morgan fingerprint density at radius 1 is 1.00 bits per heavy atom. The Morgan fingerprint density at radius 3 is 2.31 bits per heavy atom. The zero-order chi connectivity index (χ0) is 19.1. The molecule has 0 heterocycles. The van der Waals surface area contributed by atoms with E-state index in [1.165, 1.54) is 4.90 Å². The van der Waals surface area contributed by atoms with Crippen LogP contribution in [0, 0.1) is 0 Å². The molecule has 0 aromatic heterocycles. The summed E-state index contributed by atoms with van der Waals surface area (Å²) in [7, 11) is 5.14. The largest absolute Gasteiger partial charge is 0.348 e. The minimum absolute atomic E-state index is 0.0426. The highest BCUT2D eigenvalue weighted by Gasteiger charge is 2.13. The zero-order valence-electron chi connectivity index (χ0n) is 15.0. The number of likely N-dealkylation sites (N-methyl/N-ethyl adjacent to an activating group) is 2. The van der Waals surface area contributed by atoms with Gasteiger partial charge in [-0.3, -0.25) is 14.5 Å². The zero-order valence-corrected chi connectivity index (χ0v) is 16.6. The SMILES string of the molecule is CN(CC(=O)Nc1ccccc1Sc1ccc(Cl)cc1)CC(=O)N(C)C.